The lowest BCUT2D eigenvalue weighted by Gasteiger charge is -2.27. The SMILES string of the molecule is NC(=O)c1ncc(N[C@H]2CCCC[C@H]2[NH3+])cc1Cc1conc1-c1coc2c(=O)cc(N3CCOCC3)oc12. The first-order valence-electron chi connectivity index (χ1n) is 13.2. The number of aromatic nitrogens is 2. The van der Waals surface area contributed by atoms with Gasteiger partial charge in [0, 0.05) is 31.5 Å². The lowest BCUT2D eigenvalue weighted by Crippen LogP contribution is -2.68. The van der Waals surface area contributed by atoms with E-state index in [-0.39, 0.29) is 34.8 Å². The maximum atomic E-state index is 12.8. The van der Waals surface area contributed by atoms with Crippen LogP contribution in [0.5, 0.6) is 0 Å². The van der Waals surface area contributed by atoms with Gasteiger partial charge in [0.05, 0.1) is 42.8 Å². The molecule has 0 bridgehead atoms. The van der Waals surface area contributed by atoms with Gasteiger partial charge in [-0.1, -0.05) is 11.6 Å². The molecule has 2 fully saturated rings. The monoisotopic (exact) mass is 535 g/mol. The minimum atomic E-state index is -0.628. The van der Waals surface area contributed by atoms with Crippen molar-refractivity contribution >= 4 is 28.6 Å². The molecule has 1 aliphatic heterocycles. The van der Waals surface area contributed by atoms with Crippen molar-refractivity contribution in [3.8, 4) is 11.3 Å². The van der Waals surface area contributed by atoms with Gasteiger partial charge in [0.25, 0.3) is 5.91 Å². The molecule has 2 atom stereocenters. The van der Waals surface area contributed by atoms with Crippen LogP contribution in [0.1, 0.15) is 47.3 Å². The van der Waals surface area contributed by atoms with Crippen LogP contribution < -0.4 is 27.1 Å². The Kier molecular flexibility index (Phi) is 6.79. The average Bonchev–Trinajstić information content (AvgIpc) is 3.57. The second kappa shape index (κ2) is 10.5. The standard InChI is InChI=1S/C27H30N6O6/c28-19-3-1-2-4-20(19)31-17-10-15(24(27(29)35)30-12-17)9-16-13-38-32-23(16)18-14-37-26-21(34)11-22(39-25(18)26)33-5-7-36-8-6-33/h10-14,19-20,31H,1-9,28H2,(H2,29,35)/p+1/t19-,20+/m1/s1. The highest BCUT2D eigenvalue weighted by atomic mass is 16.5. The lowest BCUT2D eigenvalue weighted by molar-refractivity contribution is -0.427. The van der Waals surface area contributed by atoms with Crippen molar-refractivity contribution in [2.75, 3.05) is 36.5 Å². The Bertz CT molecular complexity index is 1550. The van der Waals surface area contributed by atoms with Crippen molar-refractivity contribution in [2.45, 2.75) is 44.2 Å². The molecule has 4 aromatic rings. The number of primary amides is 1. The van der Waals surface area contributed by atoms with E-state index in [1.165, 1.54) is 25.0 Å². The largest absolute Gasteiger partial charge is 0.456 e. The number of nitrogens with two attached hydrogens (primary N) is 1. The van der Waals surface area contributed by atoms with E-state index in [2.05, 4.69) is 21.2 Å². The number of rotatable bonds is 7. The Balaban J connectivity index is 1.34. The Morgan fingerprint density at radius 3 is 2.74 bits per heavy atom. The Morgan fingerprint density at radius 1 is 1.13 bits per heavy atom. The topological polar surface area (TPSA) is 178 Å². The predicted octanol–water partition coefficient (Wildman–Crippen LogP) is 1.93. The molecule has 0 spiro atoms. The molecule has 204 valence electrons. The van der Waals surface area contributed by atoms with Crippen molar-refractivity contribution in [3.05, 3.63) is 57.9 Å². The summed E-state index contributed by atoms with van der Waals surface area (Å²) in [6.45, 7) is 2.32. The van der Waals surface area contributed by atoms with Crippen LogP contribution in [0, 0.1) is 0 Å². The fraction of sp³-hybridized carbons (Fsp3) is 0.407. The molecule has 0 unspecified atom stereocenters. The zero-order valence-electron chi connectivity index (χ0n) is 21.5. The Labute approximate surface area is 223 Å². The Hall–Kier alpha value is -4.16. The van der Waals surface area contributed by atoms with Gasteiger partial charge < -0.3 is 39.8 Å². The van der Waals surface area contributed by atoms with E-state index in [0.29, 0.717) is 60.6 Å². The van der Waals surface area contributed by atoms with Crippen LogP contribution >= 0.6 is 0 Å². The van der Waals surface area contributed by atoms with Crippen molar-refractivity contribution in [1.29, 1.82) is 0 Å². The highest BCUT2D eigenvalue weighted by Gasteiger charge is 2.26. The number of fused-ring (bicyclic) bond motifs is 1. The number of carbonyl (C=O) groups excluding carboxylic acids is 1. The molecule has 1 amide bonds. The van der Waals surface area contributed by atoms with Gasteiger partial charge in [-0.2, -0.15) is 0 Å². The molecule has 12 nitrogen and oxygen atoms in total. The van der Waals surface area contributed by atoms with E-state index < -0.39 is 5.91 Å². The molecular formula is C27H31N6O6+. The number of carbonyl (C=O) groups is 1. The molecule has 0 aromatic carbocycles. The van der Waals surface area contributed by atoms with Gasteiger partial charge >= 0.3 is 0 Å². The first-order chi connectivity index (χ1) is 19.0. The molecule has 1 saturated carbocycles. The van der Waals surface area contributed by atoms with Crippen molar-refractivity contribution < 1.29 is 28.6 Å². The van der Waals surface area contributed by atoms with Crippen LogP contribution in [0.4, 0.5) is 11.6 Å². The summed E-state index contributed by atoms with van der Waals surface area (Å²) in [5, 5.41) is 7.72. The van der Waals surface area contributed by atoms with Gasteiger partial charge in [-0.05, 0) is 24.5 Å². The van der Waals surface area contributed by atoms with E-state index in [0.717, 1.165) is 24.9 Å². The number of nitrogens with one attached hydrogen (secondary N) is 1. The van der Waals surface area contributed by atoms with Crippen molar-refractivity contribution in [2.24, 2.45) is 5.73 Å². The van der Waals surface area contributed by atoms with Crippen molar-refractivity contribution in [1.82, 2.24) is 10.1 Å². The zero-order chi connectivity index (χ0) is 26.9. The number of ether oxygens (including phenoxy) is 1. The van der Waals surface area contributed by atoms with Gasteiger partial charge in [0.15, 0.2) is 11.5 Å². The fourth-order valence-electron chi connectivity index (χ4n) is 5.40. The number of pyridine rings is 1. The summed E-state index contributed by atoms with van der Waals surface area (Å²) in [7, 11) is 0. The first-order valence-corrected chi connectivity index (χ1v) is 13.2. The molecule has 2 aliphatic rings. The second-order valence-corrected chi connectivity index (χ2v) is 10.1. The van der Waals surface area contributed by atoms with Gasteiger partial charge in [-0.15, -0.1) is 0 Å². The minimum Gasteiger partial charge on any atom is -0.456 e. The summed E-state index contributed by atoms with van der Waals surface area (Å²) in [6.07, 6.45) is 9.26. The quantitative estimate of drug-likeness (QED) is 0.317. The molecule has 0 radical (unpaired) electrons. The fourth-order valence-corrected chi connectivity index (χ4v) is 5.40. The first kappa shape index (κ1) is 25.1. The predicted molar refractivity (Wildman–Crippen MR) is 141 cm³/mol. The number of hydrogen-bond donors (Lipinski definition) is 3. The van der Waals surface area contributed by atoms with Crippen LogP contribution in [0.2, 0.25) is 0 Å². The third-order valence-corrected chi connectivity index (χ3v) is 7.49. The normalized spacial score (nSPS) is 19.9. The van der Waals surface area contributed by atoms with Crippen LogP contribution in [-0.2, 0) is 11.2 Å². The van der Waals surface area contributed by atoms with E-state index in [9.17, 15) is 9.59 Å². The number of amides is 1. The Morgan fingerprint density at radius 2 is 1.95 bits per heavy atom. The van der Waals surface area contributed by atoms with Crippen LogP contribution in [0.3, 0.4) is 0 Å². The third-order valence-electron chi connectivity index (χ3n) is 7.49. The summed E-state index contributed by atoms with van der Waals surface area (Å²) in [4.78, 5) is 31.4. The maximum absolute atomic E-state index is 12.8. The van der Waals surface area contributed by atoms with Crippen LogP contribution in [0.15, 0.2) is 49.0 Å². The summed E-state index contributed by atoms with van der Waals surface area (Å²) in [5.74, 6) is -0.189. The smallest absolute Gasteiger partial charge is 0.267 e. The molecule has 39 heavy (non-hydrogen) atoms. The molecule has 5 heterocycles. The van der Waals surface area contributed by atoms with Crippen molar-refractivity contribution in [3.63, 3.8) is 0 Å². The van der Waals surface area contributed by atoms with Gasteiger partial charge in [0.1, 0.15) is 30.0 Å². The number of furan rings is 1. The van der Waals surface area contributed by atoms with E-state index in [1.54, 1.807) is 6.20 Å². The van der Waals surface area contributed by atoms with Gasteiger partial charge in [-0.25, -0.2) is 4.98 Å². The third kappa shape index (κ3) is 5.00. The number of nitrogens with zero attached hydrogens (tertiary/aromatic N) is 3. The number of morpholine rings is 1. The van der Waals surface area contributed by atoms with E-state index in [4.69, 9.17) is 23.8 Å². The molecule has 12 heteroatoms. The number of anilines is 2. The molecule has 6 N–H and O–H groups in total. The summed E-state index contributed by atoms with van der Waals surface area (Å²) in [6, 6.07) is 3.85. The minimum absolute atomic E-state index is 0.0943. The van der Waals surface area contributed by atoms with Crippen LogP contribution in [-0.4, -0.2) is 54.4 Å². The molecular weight excluding hydrogens is 504 g/mol. The maximum Gasteiger partial charge on any atom is 0.267 e. The average molecular weight is 536 g/mol. The number of hydrogen-bond acceptors (Lipinski definition) is 10. The van der Waals surface area contributed by atoms with Gasteiger partial charge in [-0.3, -0.25) is 9.59 Å². The van der Waals surface area contributed by atoms with E-state index >= 15 is 0 Å². The van der Waals surface area contributed by atoms with E-state index in [1.807, 2.05) is 11.0 Å². The van der Waals surface area contributed by atoms with Crippen LogP contribution in [0.25, 0.3) is 22.4 Å². The molecule has 4 aromatic heterocycles. The molecule has 6 rings (SSSR count). The highest BCUT2D eigenvalue weighted by molar-refractivity contribution is 5.93. The van der Waals surface area contributed by atoms with Gasteiger partial charge in [0.2, 0.25) is 11.0 Å². The molecule has 1 aliphatic carbocycles. The lowest BCUT2D eigenvalue weighted by atomic mass is 9.91. The summed E-state index contributed by atoms with van der Waals surface area (Å²) >= 11 is 0. The number of quaternary nitrogens is 1. The summed E-state index contributed by atoms with van der Waals surface area (Å²) < 4.78 is 22.5. The highest BCUT2D eigenvalue weighted by Crippen LogP contribution is 2.34. The second-order valence-electron chi connectivity index (χ2n) is 10.1. The summed E-state index contributed by atoms with van der Waals surface area (Å²) in [5.41, 5.74) is 13.2. The molecule has 1 saturated heterocycles. The zero-order valence-corrected chi connectivity index (χ0v) is 21.5.